The van der Waals surface area contributed by atoms with Crippen molar-refractivity contribution in [3.63, 3.8) is 0 Å². The maximum atomic E-state index is 12.7. The monoisotopic (exact) mass is 450 g/mol. The summed E-state index contributed by atoms with van der Waals surface area (Å²) in [6, 6.07) is 13.8. The van der Waals surface area contributed by atoms with Gasteiger partial charge in [0.2, 0.25) is 0 Å². The zero-order valence-corrected chi connectivity index (χ0v) is 18.5. The molecule has 0 atom stereocenters. The van der Waals surface area contributed by atoms with Crippen molar-refractivity contribution in [2.45, 2.75) is 33.2 Å². The van der Waals surface area contributed by atoms with Crippen LogP contribution in [-0.2, 0) is 13.0 Å². The molecule has 32 heavy (non-hydrogen) atoms. The largest absolute Gasteiger partial charge is 0.375 e. The molecule has 4 rings (SSSR count). The number of anilines is 2. The lowest BCUT2D eigenvalue weighted by Crippen LogP contribution is -2.26. The number of nitrogens with zero attached hydrogens (tertiary/aromatic N) is 2. The molecule has 0 saturated carbocycles. The lowest BCUT2D eigenvalue weighted by Gasteiger charge is -2.26. The molecule has 0 radical (unpaired) electrons. The maximum Gasteiger partial charge on any atom is 0.293 e. The number of nitrogens with one attached hydrogen (secondary N) is 2. The smallest absolute Gasteiger partial charge is 0.293 e. The van der Waals surface area contributed by atoms with E-state index in [1.54, 1.807) is 0 Å². The van der Waals surface area contributed by atoms with E-state index < -0.39 is 10.8 Å². The third-order valence-corrected chi connectivity index (χ3v) is 6.29. The molecule has 0 saturated heterocycles. The summed E-state index contributed by atoms with van der Waals surface area (Å²) in [5, 5.41) is 17.6. The number of fused-ring (bicyclic) bond motifs is 1. The first-order chi connectivity index (χ1) is 15.2. The van der Waals surface area contributed by atoms with Gasteiger partial charge in [-0.15, -0.1) is 0 Å². The summed E-state index contributed by atoms with van der Waals surface area (Å²) < 4.78 is 0. The van der Waals surface area contributed by atoms with Gasteiger partial charge in [-0.2, -0.15) is 0 Å². The van der Waals surface area contributed by atoms with Gasteiger partial charge in [-0.1, -0.05) is 55.5 Å². The minimum absolute atomic E-state index is 0.0266. The van der Waals surface area contributed by atoms with Gasteiger partial charge in [0.15, 0.2) is 10.9 Å². The second-order valence-corrected chi connectivity index (χ2v) is 9.52. The first kappa shape index (κ1) is 21.6. The van der Waals surface area contributed by atoms with E-state index in [4.69, 9.17) is 0 Å². The minimum atomic E-state index is -0.521. The van der Waals surface area contributed by atoms with E-state index >= 15 is 0 Å². The van der Waals surface area contributed by atoms with E-state index in [-0.39, 0.29) is 22.4 Å². The van der Waals surface area contributed by atoms with Gasteiger partial charge >= 0.3 is 0 Å². The molecule has 1 aliphatic carbocycles. The van der Waals surface area contributed by atoms with Gasteiger partial charge < -0.3 is 5.32 Å². The number of Topliss-reactive ketones (excluding diaryl/α,β-unsaturated/α-hetero) is 1. The number of ketones is 1. The molecule has 164 valence electrons. The summed E-state index contributed by atoms with van der Waals surface area (Å²) in [5.41, 5.74) is 1.79. The molecule has 1 aromatic heterocycles. The van der Waals surface area contributed by atoms with E-state index in [0.717, 1.165) is 16.9 Å². The Morgan fingerprint density at radius 2 is 1.94 bits per heavy atom. The molecule has 8 nitrogen and oxygen atoms in total. The number of hydrogen-bond acceptors (Lipinski definition) is 7. The molecule has 1 heterocycles. The van der Waals surface area contributed by atoms with Crippen molar-refractivity contribution in [3.05, 3.63) is 80.3 Å². The number of carbonyl (C=O) groups is 2. The zero-order valence-electron chi connectivity index (χ0n) is 17.7. The summed E-state index contributed by atoms with van der Waals surface area (Å²) in [5.74, 6) is -0.487. The highest BCUT2D eigenvalue weighted by Crippen LogP contribution is 2.38. The van der Waals surface area contributed by atoms with Crippen LogP contribution >= 0.6 is 11.3 Å². The number of amides is 1. The fourth-order valence-electron chi connectivity index (χ4n) is 3.71. The Morgan fingerprint density at radius 1 is 1.19 bits per heavy atom. The number of aromatic nitrogens is 1. The highest BCUT2D eigenvalue weighted by Gasteiger charge is 2.34. The average molecular weight is 451 g/mol. The van der Waals surface area contributed by atoms with Gasteiger partial charge in [0.1, 0.15) is 5.69 Å². The summed E-state index contributed by atoms with van der Waals surface area (Å²) in [6.45, 7) is 4.44. The third kappa shape index (κ3) is 4.67. The van der Waals surface area contributed by atoms with Crippen molar-refractivity contribution < 1.29 is 14.5 Å². The normalized spacial score (nSPS) is 14.5. The van der Waals surface area contributed by atoms with Crippen LogP contribution in [0.4, 0.5) is 16.5 Å². The fourth-order valence-corrected chi connectivity index (χ4v) is 4.62. The van der Waals surface area contributed by atoms with Crippen LogP contribution in [0.15, 0.2) is 48.5 Å². The van der Waals surface area contributed by atoms with Crippen LogP contribution in [0.5, 0.6) is 0 Å². The fraction of sp³-hybridized carbons (Fsp3) is 0.261. The molecular weight excluding hydrogens is 428 g/mol. The highest BCUT2D eigenvalue weighted by atomic mass is 32.1. The van der Waals surface area contributed by atoms with Crippen LogP contribution in [0.2, 0.25) is 0 Å². The topological polar surface area (TPSA) is 114 Å². The van der Waals surface area contributed by atoms with Gasteiger partial charge in [-0.3, -0.25) is 25.0 Å². The predicted molar refractivity (Wildman–Crippen MR) is 123 cm³/mol. The van der Waals surface area contributed by atoms with Crippen LogP contribution in [0, 0.1) is 15.5 Å². The van der Waals surface area contributed by atoms with E-state index in [1.165, 1.54) is 18.2 Å². The molecule has 2 aromatic carbocycles. The van der Waals surface area contributed by atoms with Crippen molar-refractivity contribution in [3.8, 4) is 0 Å². The second-order valence-electron chi connectivity index (χ2n) is 8.52. The Hall–Kier alpha value is -3.59. The van der Waals surface area contributed by atoms with Crippen LogP contribution in [0.3, 0.4) is 0 Å². The molecule has 0 bridgehead atoms. The Balaban J connectivity index is 1.51. The second kappa shape index (κ2) is 8.51. The molecule has 0 aliphatic heterocycles. The minimum Gasteiger partial charge on any atom is -0.375 e. The summed E-state index contributed by atoms with van der Waals surface area (Å²) in [7, 11) is 0. The van der Waals surface area contributed by atoms with Crippen molar-refractivity contribution >= 4 is 39.5 Å². The average Bonchev–Trinajstić information content (AvgIpc) is 3.14. The SMILES string of the molecule is CC1(C)CC(=O)c2sc(NC(=O)c3ccc(NCc4ccccc4)c([N+](=O)[O-])c3)nc2C1. The number of thiazole rings is 1. The molecule has 1 amide bonds. The number of nitro groups is 1. The lowest BCUT2D eigenvalue weighted by molar-refractivity contribution is -0.384. The summed E-state index contributed by atoms with van der Waals surface area (Å²) in [4.78, 5) is 41.2. The van der Waals surface area contributed by atoms with E-state index in [0.29, 0.717) is 40.8 Å². The van der Waals surface area contributed by atoms with E-state index in [2.05, 4.69) is 15.6 Å². The standard InChI is InChI=1S/C23H22N4O4S/c1-23(2)11-17-20(19(28)12-23)32-22(25-17)26-21(29)15-8-9-16(18(10-15)27(30)31)24-13-14-6-4-3-5-7-14/h3-10,24H,11-13H2,1-2H3,(H,25,26,29). The first-order valence-corrected chi connectivity index (χ1v) is 10.9. The molecule has 1 aliphatic rings. The van der Waals surface area contributed by atoms with Gasteiger partial charge in [0.05, 0.1) is 15.5 Å². The van der Waals surface area contributed by atoms with Crippen molar-refractivity contribution in [2.24, 2.45) is 5.41 Å². The Bertz CT molecular complexity index is 1200. The summed E-state index contributed by atoms with van der Waals surface area (Å²) >= 11 is 1.15. The third-order valence-electron chi connectivity index (χ3n) is 5.24. The van der Waals surface area contributed by atoms with Crippen molar-refractivity contribution in [1.29, 1.82) is 0 Å². The Morgan fingerprint density at radius 3 is 2.66 bits per heavy atom. The highest BCUT2D eigenvalue weighted by molar-refractivity contribution is 7.17. The predicted octanol–water partition coefficient (Wildman–Crippen LogP) is 5.07. The maximum absolute atomic E-state index is 12.7. The quantitative estimate of drug-likeness (QED) is 0.400. The molecule has 9 heteroatoms. The molecule has 0 fully saturated rings. The number of rotatable bonds is 6. The molecular formula is C23H22N4O4S. The van der Waals surface area contributed by atoms with Crippen LogP contribution in [-0.4, -0.2) is 21.6 Å². The Kier molecular flexibility index (Phi) is 5.75. The lowest BCUT2D eigenvalue weighted by atomic mass is 9.78. The van der Waals surface area contributed by atoms with Gasteiger partial charge in [0, 0.05) is 24.6 Å². The van der Waals surface area contributed by atoms with Gasteiger partial charge in [0.25, 0.3) is 11.6 Å². The van der Waals surface area contributed by atoms with E-state index in [9.17, 15) is 19.7 Å². The number of benzene rings is 2. The number of carbonyl (C=O) groups excluding carboxylic acids is 2. The van der Waals surface area contributed by atoms with Gasteiger partial charge in [-0.25, -0.2) is 4.98 Å². The first-order valence-electron chi connectivity index (χ1n) is 10.1. The Labute approximate surface area is 188 Å². The van der Waals surface area contributed by atoms with Crippen molar-refractivity contribution in [1.82, 2.24) is 4.98 Å². The molecule has 0 spiro atoms. The van der Waals surface area contributed by atoms with Crippen LogP contribution in [0.1, 0.15) is 51.6 Å². The van der Waals surface area contributed by atoms with Gasteiger partial charge in [-0.05, 0) is 29.5 Å². The molecule has 3 aromatic rings. The van der Waals surface area contributed by atoms with Crippen LogP contribution < -0.4 is 10.6 Å². The summed E-state index contributed by atoms with van der Waals surface area (Å²) in [6.07, 6.45) is 1.10. The van der Waals surface area contributed by atoms with E-state index in [1.807, 2.05) is 44.2 Å². The zero-order chi connectivity index (χ0) is 22.9. The number of nitro benzene ring substituents is 1. The van der Waals surface area contributed by atoms with Crippen LogP contribution in [0.25, 0.3) is 0 Å². The molecule has 0 unspecified atom stereocenters. The molecule has 2 N–H and O–H groups in total. The van der Waals surface area contributed by atoms with Crippen molar-refractivity contribution in [2.75, 3.05) is 10.6 Å². The number of hydrogen-bond donors (Lipinski definition) is 2.